The molecule has 62 valence electrons. The Morgan fingerprint density at radius 3 is 2.54 bits per heavy atom. The smallest absolute Gasteiger partial charge is 0.124 e. The molecule has 0 saturated carbocycles. The normalized spacial score (nSPS) is 13.4. The Morgan fingerprint density at radius 2 is 1.69 bits per heavy atom. The van der Waals surface area contributed by atoms with Crippen molar-refractivity contribution in [3.8, 4) is 0 Å². The molecule has 0 atom stereocenters. The van der Waals surface area contributed by atoms with Crippen molar-refractivity contribution in [2.75, 3.05) is 0 Å². The molecule has 0 bridgehead atoms. The van der Waals surface area contributed by atoms with Crippen molar-refractivity contribution in [1.82, 2.24) is 0 Å². The quantitative estimate of drug-likeness (QED) is 0.640. The van der Waals surface area contributed by atoms with Gasteiger partial charge in [0.1, 0.15) is 5.76 Å². The minimum Gasteiger partial charge on any atom is -0.507 e. The lowest BCUT2D eigenvalue weighted by Crippen LogP contribution is -1.79. The number of aliphatic hydroxyl groups excluding tert-OH is 1. The Bertz CT molecular complexity index is 518. The molecule has 1 aliphatic carbocycles. The van der Waals surface area contributed by atoms with Crippen LogP contribution in [0.4, 0.5) is 0 Å². The summed E-state index contributed by atoms with van der Waals surface area (Å²) in [7, 11) is 0. The molecular formula is C12H8O. The van der Waals surface area contributed by atoms with E-state index in [4.69, 9.17) is 0 Å². The molecule has 2 aromatic rings. The van der Waals surface area contributed by atoms with Crippen LogP contribution in [-0.4, -0.2) is 5.11 Å². The average Bonchev–Trinajstić information content (AvgIpc) is 2.47. The van der Waals surface area contributed by atoms with Crippen molar-refractivity contribution < 1.29 is 5.11 Å². The van der Waals surface area contributed by atoms with E-state index in [9.17, 15) is 5.11 Å². The summed E-state index contributed by atoms with van der Waals surface area (Å²) in [5.41, 5.74) is 2.07. The molecule has 0 aromatic heterocycles. The van der Waals surface area contributed by atoms with Crippen molar-refractivity contribution in [3.05, 3.63) is 47.5 Å². The minimum absolute atomic E-state index is 0.381. The molecule has 0 heterocycles. The molecule has 0 aliphatic heterocycles. The minimum atomic E-state index is 0.381. The fourth-order valence-corrected chi connectivity index (χ4v) is 1.93. The van der Waals surface area contributed by atoms with Gasteiger partial charge in [-0.1, -0.05) is 36.4 Å². The third kappa shape index (κ3) is 0.760. The van der Waals surface area contributed by atoms with Gasteiger partial charge in [-0.25, -0.2) is 0 Å². The van der Waals surface area contributed by atoms with Gasteiger partial charge in [0.25, 0.3) is 0 Å². The van der Waals surface area contributed by atoms with E-state index >= 15 is 0 Å². The standard InChI is InChI=1S/C12H8O/c13-11-7-9-5-1-3-8-4-2-6-10(11)12(8)9/h1-7,13H. The number of aliphatic hydroxyl groups is 1. The fourth-order valence-electron chi connectivity index (χ4n) is 1.93. The lowest BCUT2D eigenvalue weighted by molar-refractivity contribution is 0.517. The van der Waals surface area contributed by atoms with Gasteiger partial charge in [-0.3, -0.25) is 0 Å². The highest BCUT2D eigenvalue weighted by Gasteiger charge is 2.14. The zero-order chi connectivity index (χ0) is 8.84. The molecule has 1 nitrogen and oxygen atoms in total. The summed E-state index contributed by atoms with van der Waals surface area (Å²) in [6, 6.07) is 12.1. The van der Waals surface area contributed by atoms with E-state index in [1.807, 2.05) is 30.3 Å². The van der Waals surface area contributed by atoms with Gasteiger partial charge in [0.05, 0.1) is 0 Å². The van der Waals surface area contributed by atoms with Crippen molar-refractivity contribution in [2.45, 2.75) is 0 Å². The highest BCUT2D eigenvalue weighted by atomic mass is 16.3. The molecule has 0 amide bonds. The lowest BCUT2D eigenvalue weighted by Gasteiger charge is -2.00. The maximum atomic E-state index is 9.63. The second-order valence-electron chi connectivity index (χ2n) is 3.28. The van der Waals surface area contributed by atoms with E-state index < -0.39 is 0 Å². The Morgan fingerprint density at radius 1 is 0.923 bits per heavy atom. The highest BCUT2D eigenvalue weighted by Crippen LogP contribution is 2.34. The first-order chi connectivity index (χ1) is 6.36. The Balaban J connectivity index is 2.59. The van der Waals surface area contributed by atoms with E-state index in [-0.39, 0.29) is 0 Å². The molecule has 2 aromatic carbocycles. The summed E-state index contributed by atoms with van der Waals surface area (Å²) >= 11 is 0. The lowest BCUT2D eigenvalue weighted by atomic mass is 10.0. The van der Waals surface area contributed by atoms with Crippen LogP contribution in [0.5, 0.6) is 0 Å². The third-order valence-electron chi connectivity index (χ3n) is 2.51. The Hall–Kier alpha value is -1.76. The predicted octanol–water partition coefficient (Wildman–Crippen LogP) is 3.21. The van der Waals surface area contributed by atoms with Crippen LogP contribution in [0.25, 0.3) is 22.6 Å². The van der Waals surface area contributed by atoms with Crippen LogP contribution < -0.4 is 0 Å². The summed E-state index contributed by atoms with van der Waals surface area (Å²) in [6.45, 7) is 0. The summed E-state index contributed by atoms with van der Waals surface area (Å²) in [5.74, 6) is 0.381. The molecule has 0 unspecified atom stereocenters. The van der Waals surface area contributed by atoms with Gasteiger partial charge in [0.15, 0.2) is 0 Å². The zero-order valence-electron chi connectivity index (χ0n) is 6.99. The summed E-state index contributed by atoms with van der Waals surface area (Å²) in [4.78, 5) is 0. The zero-order valence-corrected chi connectivity index (χ0v) is 6.99. The van der Waals surface area contributed by atoms with Crippen LogP contribution in [0.15, 0.2) is 36.4 Å². The molecule has 1 heteroatoms. The third-order valence-corrected chi connectivity index (χ3v) is 2.51. The molecule has 1 N–H and O–H groups in total. The molecule has 0 fully saturated rings. The van der Waals surface area contributed by atoms with Gasteiger partial charge in [-0.2, -0.15) is 0 Å². The first-order valence-electron chi connectivity index (χ1n) is 4.29. The van der Waals surface area contributed by atoms with Crippen LogP contribution in [0.2, 0.25) is 0 Å². The van der Waals surface area contributed by atoms with Crippen molar-refractivity contribution in [3.63, 3.8) is 0 Å². The summed E-state index contributed by atoms with van der Waals surface area (Å²) in [5, 5.41) is 12.0. The van der Waals surface area contributed by atoms with Crippen molar-refractivity contribution >= 4 is 22.6 Å². The number of hydrogen-bond acceptors (Lipinski definition) is 1. The van der Waals surface area contributed by atoms with Crippen LogP contribution in [0, 0.1) is 0 Å². The first-order valence-corrected chi connectivity index (χ1v) is 4.29. The first kappa shape index (κ1) is 6.72. The monoisotopic (exact) mass is 168 g/mol. The molecule has 0 spiro atoms. The SMILES string of the molecule is OC1=Cc2cccc3cccc1c23. The Labute approximate surface area is 75.9 Å². The van der Waals surface area contributed by atoms with Gasteiger partial charge in [0.2, 0.25) is 0 Å². The van der Waals surface area contributed by atoms with Crippen molar-refractivity contribution in [2.24, 2.45) is 0 Å². The van der Waals surface area contributed by atoms with E-state index in [1.54, 1.807) is 0 Å². The van der Waals surface area contributed by atoms with Gasteiger partial charge >= 0.3 is 0 Å². The second kappa shape index (κ2) is 2.13. The largest absolute Gasteiger partial charge is 0.507 e. The van der Waals surface area contributed by atoms with E-state index in [0.29, 0.717) is 5.76 Å². The maximum absolute atomic E-state index is 9.63. The molecule has 1 aliphatic rings. The number of hydrogen-bond donors (Lipinski definition) is 1. The number of rotatable bonds is 0. The molecule has 0 saturated heterocycles. The summed E-state index contributed by atoms with van der Waals surface area (Å²) < 4.78 is 0. The molecule has 13 heavy (non-hydrogen) atoms. The molecule has 0 radical (unpaired) electrons. The topological polar surface area (TPSA) is 20.2 Å². The fraction of sp³-hybridized carbons (Fsp3) is 0. The van der Waals surface area contributed by atoms with Crippen LogP contribution in [-0.2, 0) is 0 Å². The van der Waals surface area contributed by atoms with E-state index in [1.165, 1.54) is 10.8 Å². The summed E-state index contributed by atoms with van der Waals surface area (Å²) in [6.07, 6.45) is 1.82. The van der Waals surface area contributed by atoms with Crippen LogP contribution >= 0.6 is 0 Å². The average molecular weight is 168 g/mol. The van der Waals surface area contributed by atoms with E-state index in [0.717, 1.165) is 11.1 Å². The number of benzene rings is 2. The molecule has 3 rings (SSSR count). The second-order valence-corrected chi connectivity index (χ2v) is 3.28. The van der Waals surface area contributed by atoms with Gasteiger partial charge in [-0.05, 0) is 22.4 Å². The maximum Gasteiger partial charge on any atom is 0.124 e. The predicted molar refractivity (Wildman–Crippen MR) is 54.4 cm³/mol. The van der Waals surface area contributed by atoms with Gasteiger partial charge < -0.3 is 5.11 Å². The highest BCUT2D eigenvalue weighted by molar-refractivity contribution is 6.07. The Kier molecular flexibility index (Phi) is 1.10. The van der Waals surface area contributed by atoms with Crippen LogP contribution in [0.3, 0.4) is 0 Å². The van der Waals surface area contributed by atoms with E-state index in [2.05, 4.69) is 12.1 Å². The molecular weight excluding hydrogens is 160 g/mol. The van der Waals surface area contributed by atoms with Gasteiger partial charge in [0, 0.05) is 5.56 Å². The van der Waals surface area contributed by atoms with Gasteiger partial charge in [-0.15, -0.1) is 0 Å². The van der Waals surface area contributed by atoms with Crippen LogP contribution in [0.1, 0.15) is 11.1 Å². The van der Waals surface area contributed by atoms with Crippen molar-refractivity contribution in [1.29, 1.82) is 0 Å².